The van der Waals surface area contributed by atoms with E-state index in [4.69, 9.17) is 38.3 Å². The number of aryl methyl sites for hydroxylation is 1. The number of fused-ring (bicyclic) bond motifs is 2. The predicted molar refractivity (Wildman–Crippen MR) is 269 cm³/mol. The highest BCUT2D eigenvalue weighted by atomic mass is 32.1. The number of nitrogens with one attached hydrogen (secondary N) is 3. The Bertz CT molecular complexity index is 2720. The second kappa shape index (κ2) is 22.2. The molecule has 1 amide bonds. The van der Waals surface area contributed by atoms with Crippen LogP contribution in [0.15, 0.2) is 65.6 Å². The van der Waals surface area contributed by atoms with Gasteiger partial charge in [-0.25, -0.2) is 9.48 Å². The van der Waals surface area contributed by atoms with E-state index in [1.54, 1.807) is 0 Å². The molecule has 21 heteroatoms. The zero-order valence-corrected chi connectivity index (χ0v) is 40.2. The number of aromatic amines is 1. The molecule has 2 fully saturated rings. The lowest BCUT2D eigenvalue weighted by Gasteiger charge is -2.39. The minimum Gasteiger partial charge on any atom is -0.463 e. The normalized spacial score (nSPS) is 16.9. The Morgan fingerprint density at radius 3 is 2.36 bits per heavy atom. The Labute approximate surface area is 406 Å². The number of nitrogens with zero attached hydrogens (tertiary/aromatic N) is 11. The number of H-pyrrole nitrogens is 1. The summed E-state index contributed by atoms with van der Waals surface area (Å²) >= 11 is 5.89. The largest absolute Gasteiger partial charge is 0.463 e. The Morgan fingerprint density at radius 2 is 1.62 bits per heavy atom. The van der Waals surface area contributed by atoms with E-state index in [0.29, 0.717) is 52.2 Å². The molecule has 366 valence electrons. The number of ether oxygens (including phenoxy) is 2. The number of piperidine rings is 1. The summed E-state index contributed by atoms with van der Waals surface area (Å²) in [5.41, 5.74) is 15.0. The number of aromatic nitrogens is 9. The smallest absolute Gasteiger partial charge is 0.328 e. The molecule has 2 aromatic carbocycles. The van der Waals surface area contributed by atoms with Gasteiger partial charge in [-0.05, 0) is 113 Å². The van der Waals surface area contributed by atoms with Gasteiger partial charge in [0.15, 0.2) is 16.6 Å². The van der Waals surface area contributed by atoms with Crippen LogP contribution in [0.2, 0.25) is 0 Å². The number of carbonyl (C=O) groups excluding carboxylic acids is 1. The monoisotopic (exact) mass is 961 g/mol. The van der Waals surface area contributed by atoms with Gasteiger partial charge < -0.3 is 51.3 Å². The zero-order valence-electron chi connectivity index (χ0n) is 39.4. The van der Waals surface area contributed by atoms with Crippen molar-refractivity contribution in [3.63, 3.8) is 0 Å². The zero-order chi connectivity index (χ0) is 47.7. The highest BCUT2D eigenvalue weighted by Gasteiger charge is 2.36. The Hall–Kier alpha value is -6.58. The first-order chi connectivity index (χ1) is 33.7. The minimum atomic E-state index is -0.492. The number of para-hydroxylation sites is 1. The van der Waals surface area contributed by atoms with Crippen LogP contribution in [-0.4, -0.2) is 142 Å². The topological polar surface area (TPSA) is 233 Å². The van der Waals surface area contributed by atoms with Gasteiger partial charge >= 0.3 is 11.7 Å². The molecule has 4 aromatic heterocycles. The van der Waals surface area contributed by atoms with Crippen LogP contribution in [0.5, 0.6) is 17.5 Å². The van der Waals surface area contributed by atoms with Crippen LogP contribution in [0.4, 0.5) is 11.6 Å². The SMILES string of the molecule is CCCCOc1nc(N)c2[nH]c(=O)n(Cc3cn(CCCCN4CCN(CCCNC(=S)N5CCC(C6CCNc7c(C(N)=O)c(-c8ccc(Oc9ccccc9)cc8)nn76)CC5)CC4)nn3)c2n1. The molecule has 3 aliphatic heterocycles. The number of benzene rings is 2. The summed E-state index contributed by atoms with van der Waals surface area (Å²) in [6.45, 7) is 13.2. The van der Waals surface area contributed by atoms with Crippen molar-refractivity contribution < 1.29 is 14.3 Å². The summed E-state index contributed by atoms with van der Waals surface area (Å²) in [7, 11) is 0. The second-order valence-electron chi connectivity index (χ2n) is 18.2. The number of piperazine rings is 1. The van der Waals surface area contributed by atoms with Gasteiger partial charge in [0.05, 0.1) is 25.4 Å². The van der Waals surface area contributed by atoms with Crippen LogP contribution in [0.1, 0.15) is 80.4 Å². The number of carbonyl (C=O) groups is 1. The maximum absolute atomic E-state index is 12.9. The third-order valence-corrected chi connectivity index (χ3v) is 13.9. The van der Waals surface area contributed by atoms with Crippen molar-refractivity contribution in [1.29, 1.82) is 0 Å². The molecule has 6 aromatic rings. The minimum absolute atomic E-state index is 0.155. The number of primary amides is 1. The van der Waals surface area contributed by atoms with Crippen LogP contribution in [0, 0.1) is 5.92 Å². The fraction of sp³-hybridized carbons (Fsp3) is 0.500. The standard InChI is InChI=1S/C48H64N16O4S/c1-2-3-30-67-46-54-42(49)41-45(55-46)63(47(66)53-41)32-35-31-62(58-56-35)23-8-7-21-59-26-28-60(29-27-59)22-9-19-52-48(69)61-24-17-33(18-25-61)38-16-20-51-44-39(43(50)65)40(57-64(38)44)34-12-14-37(15-13-34)68-36-10-5-4-6-11-36/h4-6,10-15,31,33,38,51H,2-3,7-9,16-30,32H2,1H3,(H2,50,65)(H,52,69)(H,53,66)(H2,49,54,55). The molecule has 2 saturated heterocycles. The summed E-state index contributed by atoms with van der Waals surface area (Å²) in [4.78, 5) is 44.5. The van der Waals surface area contributed by atoms with Crippen LogP contribution in [0.25, 0.3) is 22.4 Å². The maximum Gasteiger partial charge on any atom is 0.328 e. The maximum atomic E-state index is 12.9. The first kappa shape index (κ1) is 47.5. The number of amides is 1. The van der Waals surface area contributed by atoms with Gasteiger partial charge in [0.2, 0.25) is 0 Å². The Kier molecular flexibility index (Phi) is 15.3. The third-order valence-electron chi connectivity index (χ3n) is 13.5. The van der Waals surface area contributed by atoms with E-state index >= 15 is 0 Å². The Morgan fingerprint density at radius 1 is 0.899 bits per heavy atom. The number of hydrogen-bond acceptors (Lipinski definition) is 14. The lowest BCUT2D eigenvalue weighted by Crippen LogP contribution is -2.48. The molecule has 7 heterocycles. The predicted octanol–water partition coefficient (Wildman–Crippen LogP) is 4.71. The first-order valence-electron chi connectivity index (χ1n) is 24.5. The van der Waals surface area contributed by atoms with Crippen molar-refractivity contribution >= 4 is 46.0 Å². The molecule has 20 nitrogen and oxygen atoms in total. The first-order valence-corrected chi connectivity index (χ1v) is 24.9. The van der Waals surface area contributed by atoms with E-state index in [-0.39, 0.29) is 30.1 Å². The van der Waals surface area contributed by atoms with Crippen molar-refractivity contribution in [3.8, 4) is 28.8 Å². The van der Waals surface area contributed by atoms with Gasteiger partial charge in [-0.15, -0.1) is 5.10 Å². The number of unbranched alkanes of at least 4 members (excludes halogenated alkanes) is 2. The molecule has 3 aliphatic rings. The van der Waals surface area contributed by atoms with Gasteiger partial charge in [0.25, 0.3) is 5.91 Å². The van der Waals surface area contributed by atoms with Crippen LogP contribution >= 0.6 is 12.2 Å². The molecule has 0 aliphatic carbocycles. The van der Waals surface area contributed by atoms with Crippen LogP contribution in [-0.2, 0) is 13.1 Å². The molecular formula is C48H64N16O4S. The lowest BCUT2D eigenvalue weighted by molar-refractivity contribution is 0.100. The van der Waals surface area contributed by atoms with Crippen molar-refractivity contribution in [2.75, 3.05) is 83.1 Å². The van der Waals surface area contributed by atoms with Gasteiger partial charge in [0, 0.05) is 64.5 Å². The van der Waals surface area contributed by atoms with E-state index in [1.807, 2.05) is 70.2 Å². The number of thiocarbonyl (C=S) groups is 1. The Balaban J connectivity index is 0.659. The number of rotatable bonds is 20. The van der Waals surface area contributed by atoms with Gasteiger partial charge in [-0.1, -0.05) is 36.8 Å². The van der Waals surface area contributed by atoms with E-state index in [1.165, 1.54) is 4.57 Å². The second-order valence-corrected chi connectivity index (χ2v) is 18.6. The molecule has 0 saturated carbocycles. The number of anilines is 2. The highest BCUT2D eigenvalue weighted by Crippen LogP contribution is 2.40. The average Bonchev–Trinajstić information content (AvgIpc) is 4.08. The third kappa shape index (κ3) is 11.5. The van der Waals surface area contributed by atoms with Crippen molar-refractivity contribution in [2.45, 2.75) is 77.4 Å². The number of imidazole rings is 1. The van der Waals surface area contributed by atoms with Crippen molar-refractivity contribution in [2.24, 2.45) is 11.7 Å². The molecule has 9 rings (SSSR count). The van der Waals surface area contributed by atoms with E-state index in [9.17, 15) is 9.59 Å². The average molecular weight is 961 g/mol. The van der Waals surface area contributed by atoms with Crippen LogP contribution < -0.4 is 37.3 Å². The quantitative estimate of drug-likeness (QED) is 0.0515. The fourth-order valence-corrected chi connectivity index (χ4v) is 9.94. The molecule has 0 radical (unpaired) electrons. The summed E-state index contributed by atoms with van der Waals surface area (Å²) in [5.74, 6) is 2.25. The van der Waals surface area contributed by atoms with E-state index in [2.05, 4.69) is 57.5 Å². The van der Waals surface area contributed by atoms with Gasteiger partial charge in [-0.3, -0.25) is 14.0 Å². The highest BCUT2D eigenvalue weighted by molar-refractivity contribution is 7.80. The number of hydrogen-bond donors (Lipinski definition) is 5. The van der Waals surface area contributed by atoms with Crippen molar-refractivity contribution in [3.05, 3.63) is 82.5 Å². The van der Waals surface area contributed by atoms with Gasteiger partial charge in [0.1, 0.15) is 39.8 Å². The molecular weight excluding hydrogens is 897 g/mol. The van der Waals surface area contributed by atoms with E-state index < -0.39 is 5.91 Å². The molecule has 7 N–H and O–H groups in total. The summed E-state index contributed by atoms with van der Waals surface area (Å²) in [5, 5.41) is 21.5. The summed E-state index contributed by atoms with van der Waals surface area (Å²) in [6.07, 6.45) is 9.71. The molecule has 69 heavy (non-hydrogen) atoms. The van der Waals surface area contributed by atoms with Crippen molar-refractivity contribution in [1.82, 2.24) is 64.3 Å². The lowest BCUT2D eigenvalue weighted by atomic mass is 9.87. The van der Waals surface area contributed by atoms with E-state index in [0.717, 1.165) is 140 Å². The molecule has 1 atom stereocenters. The number of nitrogen functional groups attached to an aromatic ring is 1. The van der Waals surface area contributed by atoms with Crippen LogP contribution in [0.3, 0.4) is 0 Å². The molecule has 0 bridgehead atoms. The molecule has 0 spiro atoms. The summed E-state index contributed by atoms with van der Waals surface area (Å²) < 4.78 is 17.0. The number of likely N-dealkylation sites (tertiary alicyclic amines) is 1. The fourth-order valence-electron chi connectivity index (χ4n) is 9.66. The van der Waals surface area contributed by atoms with Gasteiger partial charge in [-0.2, -0.15) is 15.1 Å². The number of nitrogens with two attached hydrogens (primary N) is 2. The molecule has 1 unspecified atom stereocenters. The summed E-state index contributed by atoms with van der Waals surface area (Å²) in [6, 6.07) is 17.6.